The van der Waals surface area contributed by atoms with Gasteiger partial charge in [-0.15, -0.1) is 0 Å². The molecule has 8 nitrogen and oxygen atoms in total. The Kier molecular flexibility index (Phi) is 6.77. The number of hydrogen-bond acceptors (Lipinski definition) is 7. The molecule has 8 heteroatoms. The highest BCUT2D eigenvalue weighted by Crippen LogP contribution is 2.03. The van der Waals surface area contributed by atoms with Gasteiger partial charge in [-0.25, -0.2) is 5.43 Å². The Hall–Kier alpha value is -1.06. The van der Waals surface area contributed by atoms with Gasteiger partial charge >= 0.3 is 0 Å². The van der Waals surface area contributed by atoms with Crippen molar-refractivity contribution in [1.82, 2.24) is 10.9 Å². The van der Waals surface area contributed by atoms with Crippen molar-refractivity contribution in [2.75, 3.05) is 6.61 Å². The van der Waals surface area contributed by atoms with Gasteiger partial charge in [-0.1, -0.05) is 0 Å². The molecule has 0 aliphatic rings. The molecule has 0 saturated heterocycles. The Morgan fingerprint density at radius 1 is 1.31 bits per heavy atom. The molecular weight excluding hydrogens is 220 g/mol. The smallest absolute Gasteiger partial charge is 0.230 e. The Balaban J connectivity index is 4.33. The summed E-state index contributed by atoms with van der Waals surface area (Å²) >= 11 is 0. The van der Waals surface area contributed by atoms with E-state index in [1.54, 1.807) is 0 Å². The Morgan fingerprint density at radius 2 is 1.88 bits per heavy atom. The zero-order valence-electron chi connectivity index (χ0n) is 8.70. The van der Waals surface area contributed by atoms with E-state index in [4.69, 9.17) is 10.2 Å². The van der Waals surface area contributed by atoms with Gasteiger partial charge in [-0.3, -0.25) is 10.2 Å². The molecule has 6 N–H and O–H groups in total. The quantitative estimate of drug-likeness (QED) is 0.197. The van der Waals surface area contributed by atoms with Gasteiger partial charge in [0.05, 0.1) is 6.61 Å². The Labute approximate surface area is 91.9 Å². The van der Waals surface area contributed by atoms with Crippen LogP contribution in [0.1, 0.15) is 6.92 Å². The molecule has 0 aromatic heterocycles. The highest BCUT2D eigenvalue weighted by Gasteiger charge is 2.30. The van der Waals surface area contributed by atoms with Gasteiger partial charge in [-0.2, -0.15) is 0 Å². The maximum atomic E-state index is 10.5. The van der Waals surface area contributed by atoms with Crippen molar-refractivity contribution >= 4 is 12.2 Å². The number of hydrazine groups is 1. The summed E-state index contributed by atoms with van der Waals surface area (Å²) in [6.07, 6.45) is -4.68. The number of amides is 1. The lowest BCUT2D eigenvalue weighted by molar-refractivity contribution is -0.125. The Morgan fingerprint density at radius 3 is 2.25 bits per heavy atom. The first-order chi connectivity index (χ1) is 7.43. The van der Waals surface area contributed by atoms with Crippen LogP contribution in [0.3, 0.4) is 0 Å². The van der Waals surface area contributed by atoms with Gasteiger partial charge in [0.1, 0.15) is 30.6 Å². The van der Waals surface area contributed by atoms with Crippen LogP contribution in [0.2, 0.25) is 0 Å². The van der Waals surface area contributed by atoms with Crippen LogP contribution in [0.5, 0.6) is 0 Å². The van der Waals surface area contributed by atoms with Gasteiger partial charge in [0.15, 0.2) is 0 Å². The summed E-state index contributed by atoms with van der Waals surface area (Å²) in [5, 5.41) is 36.3. The molecule has 0 aliphatic carbocycles. The standard InChI is InChI=1S/C8H16N2O6/c1-4(13)9-10-5(2-11)7(15)8(16)6(14)3-12/h2,5-8,10,12,14-16H,3H2,1H3,(H,9,13)/t5-,6-,7-,8-/m1/s1. The van der Waals surface area contributed by atoms with Gasteiger partial charge in [-0.05, 0) is 0 Å². The molecule has 0 spiro atoms. The van der Waals surface area contributed by atoms with Crippen LogP contribution in [-0.2, 0) is 9.59 Å². The predicted molar refractivity (Wildman–Crippen MR) is 51.9 cm³/mol. The van der Waals surface area contributed by atoms with Crippen molar-refractivity contribution < 1.29 is 30.0 Å². The highest BCUT2D eigenvalue weighted by atomic mass is 16.4. The second kappa shape index (κ2) is 7.25. The van der Waals surface area contributed by atoms with Crippen molar-refractivity contribution in [3.8, 4) is 0 Å². The largest absolute Gasteiger partial charge is 0.394 e. The van der Waals surface area contributed by atoms with E-state index < -0.39 is 36.9 Å². The first kappa shape index (κ1) is 14.9. The zero-order valence-corrected chi connectivity index (χ0v) is 8.70. The van der Waals surface area contributed by atoms with E-state index in [2.05, 4.69) is 10.9 Å². The molecule has 0 rings (SSSR count). The number of nitrogens with one attached hydrogen (secondary N) is 2. The third-order valence-electron chi connectivity index (χ3n) is 1.86. The van der Waals surface area contributed by atoms with Crippen LogP contribution in [0.25, 0.3) is 0 Å². The van der Waals surface area contributed by atoms with Gasteiger partial charge in [0, 0.05) is 6.92 Å². The van der Waals surface area contributed by atoms with Crippen LogP contribution in [0, 0.1) is 0 Å². The number of aliphatic hydroxyl groups is 4. The normalized spacial score (nSPS) is 18.3. The van der Waals surface area contributed by atoms with E-state index in [0.29, 0.717) is 0 Å². The summed E-state index contributed by atoms with van der Waals surface area (Å²) in [7, 11) is 0. The predicted octanol–water partition coefficient (Wildman–Crippen LogP) is -3.73. The van der Waals surface area contributed by atoms with Crippen LogP contribution in [0.4, 0.5) is 0 Å². The minimum atomic E-state index is -1.71. The van der Waals surface area contributed by atoms with Crippen LogP contribution in [-0.4, -0.2) is 63.6 Å². The average molecular weight is 236 g/mol. The number of rotatable bonds is 7. The fourth-order valence-corrected chi connectivity index (χ4v) is 0.933. The zero-order chi connectivity index (χ0) is 12.7. The number of aldehydes is 1. The summed E-state index contributed by atoms with van der Waals surface area (Å²) < 4.78 is 0. The summed E-state index contributed by atoms with van der Waals surface area (Å²) in [5.74, 6) is -0.490. The molecule has 0 unspecified atom stereocenters. The molecule has 4 atom stereocenters. The molecule has 0 heterocycles. The van der Waals surface area contributed by atoms with Crippen molar-refractivity contribution in [1.29, 1.82) is 0 Å². The van der Waals surface area contributed by atoms with E-state index in [1.165, 1.54) is 6.92 Å². The highest BCUT2D eigenvalue weighted by molar-refractivity contribution is 5.72. The molecular formula is C8H16N2O6. The number of aliphatic hydroxyl groups excluding tert-OH is 4. The Bertz CT molecular complexity index is 237. The summed E-state index contributed by atoms with van der Waals surface area (Å²) in [5.41, 5.74) is 4.21. The van der Waals surface area contributed by atoms with Crippen LogP contribution in [0.15, 0.2) is 0 Å². The maximum absolute atomic E-state index is 10.5. The fraction of sp³-hybridized carbons (Fsp3) is 0.750. The van der Waals surface area contributed by atoms with Gasteiger partial charge < -0.3 is 25.2 Å². The van der Waals surface area contributed by atoms with E-state index in [1.807, 2.05) is 0 Å². The summed E-state index contributed by atoms with van der Waals surface area (Å²) in [4.78, 5) is 21.1. The van der Waals surface area contributed by atoms with E-state index in [9.17, 15) is 19.8 Å². The van der Waals surface area contributed by atoms with Crippen LogP contribution >= 0.6 is 0 Å². The molecule has 94 valence electrons. The lowest BCUT2D eigenvalue weighted by Gasteiger charge is -2.26. The van der Waals surface area contributed by atoms with Gasteiger partial charge in [0.2, 0.25) is 5.91 Å². The minimum Gasteiger partial charge on any atom is -0.394 e. The number of hydrogen-bond donors (Lipinski definition) is 6. The van der Waals surface area contributed by atoms with E-state index in [-0.39, 0.29) is 6.29 Å². The molecule has 0 fully saturated rings. The molecule has 0 aliphatic heterocycles. The third kappa shape index (κ3) is 4.64. The second-order valence-corrected chi connectivity index (χ2v) is 3.22. The first-order valence-corrected chi connectivity index (χ1v) is 4.56. The lowest BCUT2D eigenvalue weighted by Crippen LogP contribution is -2.56. The number of carbonyl (C=O) groups excluding carboxylic acids is 2. The fourth-order valence-electron chi connectivity index (χ4n) is 0.933. The number of carbonyl (C=O) groups is 2. The molecule has 0 radical (unpaired) electrons. The molecule has 0 bridgehead atoms. The molecule has 0 aromatic carbocycles. The summed E-state index contributed by atoms with van der Waals surface area (Å²) in [6, 6.07) is -1.29. The minimum absolute atomic E-state index is 0.258. The topological polar surface area (TPSA) is 139 Å². The molecule has 0 saturated carbocycles. The molecule has 16 heavy (non-hydrogen) atoms. The second-order valence-electron chi connectivity index (χ2n) is 3.22. The third-order valence-corrected chi connectivity index (χ3v) is 1.86. The van der Waals surface area contributed by atoms with E-state index in [0.717, 1.165) is 0 Å². The van der Waals surface area contributed by atoms with E-state index >= 15 is 0 Å². The SMILES string of the molecule is CC(=O)NN[C@H](C=O)[C@@H](O)[C@H](O)[C@H](O)CO. The monoisotopic (exact) mass is 236 g/mol. The maximum Gasteiger partial charge on any atom is 0.230 e. The first-order valence-electron chi connectivity index (χ1n) is 4.56. The van der Waals surface area contributed by atoms with Gasteiger partial charge in [0.25, 0.3) is 0 Å². The average Bonchev–Trinajstić information content (AvgIpc) is 2.27. The van der Waals surface area contributed by atoms with Crippen molar-refractivity contribution in [2.24, 2.45) is 0 Å². The lowest BCUT2D eigenvalue weighted by atomic mass is 10.0. The van der Waals surface area contributed by atoms with Crippen molar-refractivity contribution in [3.05, 3.63) is 0 Å². The van der Waals surface area contributed by atoms with Crippen LogP contribution < -0.4 is 10.9 Å². The van der Waals surface area contributed by atoms with Crippen molar-refractivity contribution in [3.63, 3.8) is 0 Å². The molecule has 0 aromatic rings. The van der Waals surface area contributed by atoms with Crippen molar-refractivity contribution in [2.45, 2.75) is 31.3 Å². The summed E-state index contributed by atoms with van der Waals surface area (Å²) in [6.45, 7) is 0.421. The molecule has 1 amide bonds.